The lowest BCUT2D eigenvalue weighted by atomic mass is 9.78. The summed E-state index contributed by atoms with van der Waals surface area (Å²) in [5.41, 5.74) is 0. The fourth-order valence-corrected chi connectivity index (χ4v) is 2.68. The highest BCUT2D eigenvalue weighted by Gasteiger charge is 2.20. The molecule has 0 saturated carbocycles. The second-order valence-corrected chi connectivity index (χ2v) is 6.75. The molecule has 18 heavy (non-hydrogen) atoms. The topological polar surface area (TPSA) is 0 Å². The summed E-state index contributed by atoms with van der Waals surface area (Å²) in [5, 5.41) is 0. The predicted molar refractivity (Wildman–Crippen MR) is 84.7 cm³/mol. The van der Waals surface area contributed by atoms with Gasteiger partial charge in [-0.1, -0.05) is 67.2 Å². The van der Waals surface area contributed by atoms with Crippen molar-refractivity contribution in [2.75, 3.05) is 0 Å². The molecule has 0 heteroatoms. The van der Waals surface area contributed by atoms with Crippen LogP contribution in [0, 0.1) is 23.7 Å². The number of hydrogen-bond donors (Lipinski definition) is 0. The SMILES string of the molecule is CCCCC(CCC(C)C)[C](CC)CCC(C)C. The molecule has 0 aromatic heterocycles. The maximum absolute atomic E-state index is 2.37. The zero-order valence-electron chi connectivity index (χ0n) is 13.9. The molecular weight excluding hydrogens is 216 g/mol. The van der Waals surface area contributed by atoms with Gasteiger partial charge in [0.05, 0.1) is 0 Å². The van der Waals surface area contributed by atoms with E-state index in [9.17, 15) is 0 Å². The van der Waals surface area contributed by atoms with Crippen LogP contribution in [0.4, 0.5) is 0 Å². The van der Waals surface area contributed by atoms with Crippen LogP contribution in [-0.4, -0.2) is 0 Å². The second kappa shape index (κ2) is 10.9. The van der Waals surface area contributed by atoms with Crippen molar-refractivity contribution in [2.24, 2.45) is 17.8 Å². The van der Waals surface area contributed by atoms with Gasteiger partial charge in [0.1, 0.15) is 0 Å². The van der Waals surface area contributed by atoms with Gasteiger partial charge in [-0.15, -0.1) is 0 Å². The fraction of sp³-hybridized carbons (Fsp3) is 0.944. The summed E-state index contributed by atoms with van der Waals surface area (Å²) < 4.78 is 0. The Balaban J connectivity index is 4.26. The van der Waals surface area contributed by atoms with Crippen molar-refractivity contribution in [3.8, 4) is 0 Å². The van der Waals surface area contributed by atoms with Gasteiger partial charge >= 0.3 is 0 Å². The van der Waals surface area contributed by atoms with Crippen LogP contribution in [0.5, 0.6) is 0 Å². The Morgan fingerprint density at radius 3 is 1.83 bits per heavy atom. The molecule has 1 atom stereocenters. The Hall–Kier alpha value is 0. The monoisotopic (exact) mass is 253 g/mol. The van der Waals surface area contributed by atoms with Crippen LogP contribution < -0.4 is 0 Å². The van der Waals surface area contributed by atoms with Crippen molar-refractivity contribution in [1.82, 2.24) is 0 Å². The van der Waals surface area contributed by atoms with E-state index in [2.05, 4.69) is 41.5 Å². The molecule has 0 nitrogen and oxygen atoms in total. The summed E-state index contributed by atoms with van der Waals surface area (Å²) in [4.78, 5) is 0. The fourth-order valence-electron chi connectivity index (χ4n) is 2.68. The summed E-state index contributed by atoms with van der Waals surface area (Å²) in [6, 6.07) is 0. The summed E-state index contributed by atoms with van der Waals surface area (Å²) in [7, 11) is 0. The minimum Gasteiger partial charge on any atom is -0.0654 e. The van der Waals surface area contributed by atoms with Gasteiger partial charge in [0.25, 0.3) is 0 Å². The van der Waals surface area contributed by atoms with Crippen molar-refractivity contribution >= 4 is 0 Å². The van der Waals surface area contributed by atoms with Gasteiger partial charge in [0, 0.05) is 0 Å². The first-order valence-corrected chi connectivity index (χ1v) is 8.35. The summed E-state index contributed by atoms with van der Waals surface area (Å²) in [5.74, 6) is 4.48. The molecule has 0 fully saturated rings. The molecule has 0 aromatic carbocycles. The maximum Gasteiger partial charge on any atom is -0.0213 e. The molecule has 0 heterocycles. The van der Waals surface area contributed by atoms with Crippen molar-refractivity contribution < 1.29 is 0 Å². The molecule has 0 saturated heterocycles. The lowest BCUT2D eigenvalue weighted by Crippen LogP contribution is -2.14. The van der Waals surface area contributed by atoms with Gasteiger partial charge in [-0.25, -0.2) is 0 Å². The van der Waals surface area contributed by atoms with Gasteiger partial charge in [0.2, 0.25) is 0 Å². The molecule has 0 aromatic rings. The highest BCUT2D eigenvalue weighted by molar-refractivity contribution is 4.95. The zero-order chi connectivity index (χ0) is 14.0. The van der Waals surface area contributed by atoms with E-state index >= 15 is 0 Å². The van der Waals surface area contributed by atoms with Crippen molar-refractivity contribution in [2.45, 2.75) is 92.9 Å². The molecule has 0 bridgehead atoms. The molecule has 0 amide bonds. The average molecular weight is 253 g/mol. The van der Waals surface area contributed by atoms with Crippen LogP contribution in [0.15, 0.2) is 0 Å². The molecule has 0 rings (SSSR count). The number of rotatable bonds is 11. The van der Waals surface area contributed by atoms with E-state index in [-0.39, 0.29) is 0 Å². The van der Waals surface area contributed by atoms with Crippen LogP contribution in [0.2, 0.25) is 0 Å². The highest BCUT2D eigenvalue weighted by atomic mass is 14.3. The third-order valence-corrected chi connectivity index (χ3v) is 4.07. The molecule has 0 aliphatic rings. The minimum absolute atomic E-state index is 0.850. The van der Waals surface area contributed by atoms with Crippen LogP contribution in [0.1, 0.15) is 92.9 Å². The molecule has 109 valence electrons. The Kier molecular flexibility index (Phi) is 10.9. The van der Waals surface area contributed by atoms with E-state index in [0.717, 1.165) is 17.8 Å². The van der Waals surface area contributed by atoms with Crippen molar-refractivity contribution in [1.29, 1.82) is 0 Å². The van der Waals surface area contributed by atoms with E-state index < -0.39 is 0 Å². The third kappa shape index (κ3) is 9.00. The van der Waals surface area contributed by atoms with Gasteiger partial charge < -0.3 is 0 Å². The number of hydrogen-bond acceptors (Lipinski definition) is 0. The first kappa shape index (κ1) is 18.0. The van der Waals surface area contributed by atoms with E-state index in [4.69, 9.17) is 0 Å². The lowest BCUT2D eigenvalue weighted by Gasteiger charge is -2.27. The summed E-state index contributed by atoms with van der Waals surface area (Å²) in [6.45, 7) is 14.1. The summed E-state index contributed by atoms with van der Waals surface area (Å²) >= 11 is 0. The summed E-state index contributed by atoms with van der Waals surface area (Å²) in [6.07, 6.45) is 11.1. The van der Waals surface area contributed by atoms with Gasteiger partial charge in [-0.05, 0) is 49.4 Å². The zero-order valence-corrected chi connectivity index (χ0v) is 13.9. The van der Waals surface area contributed by atoms with E-state index in [1.807, 2.05) is 5.92 Å². The third-order valence-electron chi connectivity index (χ3n) is 4.07. The van der Waals surface area contributed by atoms with Gasteiger partial charge in [-0.3, -0.25) is 0 Å². The highest BCUT2D eigenvalue weighted by Crippen LogP contribution is 2.33. The average Bonchev–Trinajstić information content (AvgIpc) is 2.31. The second-order valence-electron chi connectivity index (χ2n) is 6.75. The molecular formula is C18H37. The standard InChI is InChI=1S/C18H37/c1-7-9-10-18(14-12-16(5)6)17(8-2)13-11-15(3)4/h15-16,18H,7-14H2,1-6H3. The van der Waals surface area contributed by atoms with Crippen LogP contribution in [0.25, 0.3) is 0 Å². The first-order valence-electron chi connectivity index (χ1n) is 8.35. The first-order chi connectivity index (χ1) is 8.51. The van der Waals surface area contributed by atoms with Crippen LogP contribution in [-0.2, 0) is 0 Å². The maximum atomic E-state index is 2.37. The van der Waals surface area contributed by atoms with Crippen LogP contribution in [0.3, 0.4) is 0 Å². The van der Waals surface area contributed by atoms with Gasteiger partial charge in [0.15, 0.2) is 0 Å². The Labute approximate surface area is 117 Å². The molecule has 0 N–H and O–H groups in total. The van der Waals surface area contributed by atoms with E-state index in [0.29, 0.717) is 0 Å². The lowest BCUT2D eigenvalue weighted by molar-refractivity contribution is 0.366. The Bertz CT molecular complexity index is 169. The van der Waals surface area contributed by atoms with Crippen molar-refractivity contribution in [3.05, 3.63) is 5.92 Å². The predicted octanol–water partition coefficient (Wildman–Crippen LogP) is 6.65. The molecule has 0 spiro atoms. The minimum atomic E-state index is 0.850. The largest absolute Gasteiger partial charge is 0.0654 e. The molecule has 1 radical (unpaired) electrons. The van der Waals surface area contributed by atoms with Crippen LogP contribution >= 0.6 is 0 Å². The smallest absolute Gasteiger partial charge is 0.0213 e. The van der Waals surface area contributed by atoms with E-state index in [1.54, 1.807) is 0 Å². The molecule has 1 unspecified atom stereocenters. The van der Waals surface area contributed by atoms with E-state index in [1.165, 1.54) is 51.4 Å². The molecule has 0 aliphatic heterocycles. The quantitative estimate of drug-likeness (QED) is 0.387. The Morgan fingerprint density at radius 2 is 1.39 bits per heavy atom. The Morgan fingerprint density at radius 1 is 0.778 bits per heavy atom. The van der Waals surface area contributed by atoms with Gasteiger partial charge in [-0.2, -0.15) is 0 Å². The van der Waals surface area contributed by atoms with Crippen molar-refractivity contribution in [3.63, 3.8) is 0 Å². The molecule has 0 aliphatic carbocycles. The number of unbranched alkanes of at least 4 members (excludes halogenated alkanes) is 1. The normalized spacial score (nSPS) is 13.8.